The summed E-state index contributed by atoms with van der Waals surface area (Å²) in [5, 5.41) is 13.2. The highest BCUT2D eigenvalue weighted by Gasteiger charge is 2.25. The van der Waals surface area contributed by atoms with Crippen LogP contribution < -0.4 is 10.2 Å². The van der Waals surface area contributed by atoms with Crippen molar-refractivity contribution in [2.75, 3.05) is 18.0 Å². The van der Waals surface area contributed by atoms with Crippen LogP contribution in [0.15, 0.2) is 12.3 Å². The first kappa shape index (κ1) is 15.3. The number of aliphatic hydroxyl groups is 1. The van der Waals surface area contributed by atoms with E-state index in [9.17, 15) is 5.11 Å². The van der Waals surface area contributed by atoms with Crippen molar-refractivity contribution in [1.29, 1.82) is 0 Å². The third kappa shape index (κ3) is 3.70. The Hall–Kier alpha value is -1.13. The molecule has 2 rings (SSSR count). The molecule has 0 spiro atoms. The molecule has 1 aromatic heterocycles. The number of anilines is 1. The molecule has 2 unspecified atom stereocenters. The minimum Gasteiger partial charge on any atom is -0.393 e. The lowest BCUT2D eigenvalue weighted by Gasteiger charge is -2.36. The maximum Gasteiger partial charge on any atom is 0.131 e. The van der Waals surface area contributed by atoms with E-state index in [0.717, 1.165) is 31.9 Å². The second-order valence-corrected chi connectivity index (χ2v) is 6.30. The summed E-state index contributed by atoms with van der Waals surface area (Å²) in [5.74, 6) is 1.38. The van der Waals surface area contributed by atoms with Crippen LogP contribution in [0.1, 0.15) is 38.3 Å². The van der Waals surface area contributed by atoms with Gasteiger partial charge in [0.1, 0.15) is 5.82 Å². The molecule has 0 aromatic carbocycles. The molecule has 4 heteroatoms. The van der Waals surface area contributed by atoms with Gasteiger partial charge in [0.15, 0.2) is 0 Å². The van der Waals surface area contributed by atoms with Gasteiger partial charge in [-0.05, 0) is 36.5 Å². The molecule has 1 saturated heterocycles. The smallest absolute Gasteiger partial charge is 0.131 e. The highest BCUT2D eigenvalue weighted by atomic mass is 16.3. The molecule has 2 atom stereocenters. The van der Waals surface area contributed by atoms with Crippen molar-refractivity contribution in [3.05, 3.63) is 23.4 Å². The molecular formula is C16H27N3O. The van der Waals surface area contributed by atoms with Crippen LogP contribution in [0, 0.1) is 12.8 Å². The van der Waals surface area contributed by atoms with Crippen molar-refractivity contribution >= 4 is 5.82 Å². The van der Waals surface area contributed by atoms with Gasteiger partial charge < -0.3 is 15.3 Å². The molecule has 1 aliphatic rings. The lowest BCUT2D eigenvalue weighted by atomic mass is 9.96. The Morgan fingerprint density at radius 2 is 2.25 bits per heavy atom. The molecular weight excluding hydrogens is 250 g/mol. The van der Waals surface area contributed by atoms with E-state index in [2.05, 4.69) is 49.0 Å². The van der Waals surface area contributed by atoms with Gasteiger partial charge in [0.05, 0.1) is 6.10 Å². The van der Waals surface area contributed by atoms with Crippen LogP contribution in [0.2, 0.25) is 0 Å². The summed E-state index contributed by atoms with van der Waals surface area (Å²) >= 11 is 0. The Bertz CT molecular complexity index is 447. The Balaban J connectivity index is 2.06. The van der Waals surface area contributed by atoms with Crippen molar-refractivity contribution < 1.29 is 5.11 Å². The molecule has 0 aliphatic carbocycles. The average Bonchev–Trinajstić information content (AvgIpc) is 2.40. The number of nitrogens with one attached hydrogen (secondary N) is 1. The minimum absolute atomic E-state index is 0.166. The summed E-state index contributed by atoms with van der Waals surface area (Å²) in [6.45, 7) is 11.2. The van der Waals surface area contributed by atoms with E-state index < -0.39 is 0 Å². The first-order chi connectivity index (χ1) is 9.47. The molecule has 4 nitrogen and oxygen atoms in total. The summed E-state index contributed by atoms with van der Waals surface area (Å²) < 4.78 is 0. The number of aromatic nitrogens is 1. The van der Waals surface area contributed by atoms with Crippen LogP contribution in [0.3, 0.4) is 0 Å². The fourth-order valence-corrected chi connectivity index (χ4v) is 2.70. The van der Waals surface area contributed by atoms with Gasteiger partial charge in [-0.15, -0.1) is 0 Å². The van der Waals surface area contributed by atoms with Gasteiger partial charge in [-0.3, -0.25) is 0 Å². The highest BCUT2D eigenvalue weighted by molar-refractivity contribution is 5.47. The van der Waals surface area contributed by atoms with Crippen LogP contribution in [0.25, 0.3) is 0 Å². The number of hydrogen-bond donors (Lipinski definition) is 2. The zero-order valence-corrected chi connectivity index (χ0v) is 13.1. The summed E-state index contributed by atoms with van der Waals surface area (Å²) in [4.78, 5) is 6.94. The predicted molar refractivity (Wildman–Crippen MR) is 83.0 cm³/mol. The second kappa shape index (κ2) is 6.55. The zero-order valence-electron chi connectivity index (χ0n) is 13.1. The van der Waals surface area contributed by atoms with E-state index in [1.165, 1.54) is 11.1 Å². The van der Waals surface area contributed by atoms with Crippen molar-refractivity contribution in [2.45, 2.75) is 52.8 Å². The summed E-state index contributed by atoms with van der Waals surface area (Å²) in [6, 6.07) is 2.70. The first-order valence-electron chi connectivity index (χ1n) is 7.59. The topological polar surface area (TPSA) is 48.4 Å². The summed E-state index contributed by atoms with van der Waals surface area (Å²) in [5.41, 5.74) is 2.45. The molecule has 1 aromatic rings. The Morgan fingerprint density at radius 3 is 2.85 bits per heavy atom. The quantitative estimate of drug-likeness (QED) is 0.885. The number of aliphatic hydroxyl groups excluding tert-OH is 1. The largest absolute Gasteiger partial charge is 0.393 e. The number of piperidine rings is 1. The van der Waals surface area contributed by atoms with Crippen LogP contribution in [-0.2, 0) is 6.54 Å². The van der Waals surface area contributed by atoms with Gasteiger partial charge in [0.25, 0.3) is 0 Å². The van der Waals surface area contributed by atoms with E-state index in [1.807, 2.05) is 6.20 Å². The molecule has 1 aliphatic heterocycles. The van der Waals surface area contributed by atoms with Crippen molar-refractivity contribution in [3.63, 3.8) is 0 Å². The van der Waals surface area contributed by atoms with Gasteiger partial charge in [-0.1, -0.05) is 20.8 Å². The molecule has 2 N–H and O–H groups in total. The number of hydrogen-bond acceptors (Lipinski definition) is 4. The van der Waals surface area contributed by atoms with E-state index in [4.69, 9.17) is 0 Å². The molecule has 20 heavy (non-hydrogen) atoms. The number of aryl methyl sites for hydroxylation is 1. The maximum atomic E-state index is 9.82. The van der Waals surface area contributed by atoms with Gasteiger partial charge in [-0.25, -0.2) is 4.98 Å². The Labute approximate surface area is 122 Å². The van der Waals surface area contributed by atoms with E-state index >= 15 is 0 Å². The van der Waals surface area contributed by atoms with E-state index in [1.54, 1.807) is 0 Å². The van der Waals surface area contributed by atoms with Crippen molar-refractivity contribution in [2.24, 2.45) is 5.92 Å². The lowest BCUT2D eigenvalue weighted by Crippen LogP contribution is -2.42. The molecule has 0 radical (unpaired) electrons. The lowest BCUT2D eigenvalue weighted by molar-refractivity contribution is 0.0968. The predicted octanol–water partition coefficient (Wildman–Crippen LogP) is 2.10. The third-order valence-corrected chi connectivity index (χ3v) is 3.98. The monoisotopic (exact) mass is 277 g/mol. The molecule has 0 amide bonds. The number of pyridine rings is 1. The molecule has 1 fully saturated rings. The summed E-state index contributed by atoms with van der Waals surface area (Å²) in [7, 11) is 0. The first-order valence-corrected chi connectivity index (χ1v) is 7.59. The van der Waals surface area contributed by atoms with Crippen LogP contribution in [0.5, 0.6) is 0 Å². The second-order valence-electron chi connectivity index (χ2n) is 6.30. The van der Waals surface area contributed by atoms with Gasteiger partial charge in [0.2, 0.25) is 0 Å². The fraction of sp³-hybridized carbons (Fsp3) is 0.688. The third-order valence-electron chi connectivity index (χ3n) is 3.98. The molecule has 2 heterocycles. The average molecular weight is 277 g/mol. The van der Waals surface area contributed by atoms with Gasteiger partial charge in [-0.2, -0.15) is 0 Å². The minimum atomic E-state index is -0.166. The molecule has 0 saturated carbocycles. The van der Waals surface area contributed by atoms with Crippen LogP contribution in [0.4, 0.5) is 5.82 Å². The van der Waals surface area contributed by atoms with Crippen LogP contribution in [-0.4, -0.2) is 35.3 Å². The van der Waals surface area contributed by atoms with Crippen molar-refractivity contribution in [3.8, 4) is 0 Å². The SMILES string of the molecule is Cc1cc(CNC(C)C)cnc1N1CCC(O)C(C)C1. The van der Waals surface area contributed by atoms with Gasteiger partial charge >= 0.3 is 0 Å². The normalized spacial score (nSPS) is 23.4. The van der Waals surface area contributed by atoms with Crippen LogP contribution >= 0.6 is 0 Å². The maximum absolute atomic E-state index is 9.82. The van der Waals surface area contributed by atoms with Crippen molar-refractivity contribution in [1.82, 2.24) is 10.3 Å². The molecule has 112 valence electrons. The van der Waals surface area contributed by atoms with Gasteiger partial charge in [0, 0.05) is 31.9 Å². The Kier molecular flexibility index (Phi) is 5.00. The summed E-state index contributed by atoms with van der Waals surface area (Å²) in [6.07, 6.45) is 2.63. The van der Waals surface area contributed by atoms with E-state index in [-0.39, 0.29) is 6.10 Å². The molecule has 0 bridgehead atoms. The zero-order chi connectivity index (χ0) is 14.7. The highest BCUT2D eigenvalue weighted by Crippen LogP contribution is 2.24. The fourth-order valence-electron chi connectivity index (χ4n) is 2.70. The Morgan fingerprint density at radius 1 is 1.50 bits per heavy atom. The number of nitrogens with zero attached hydrogens (tertiary/aromatic N) is 2. The standard InChI is InChI=1S/C16H27N3O/c1-11(2)17-8-14-7-12(3)16(18-9-14)19-6-5-15(20)13(4)10-19/h7,9,11,13,15,17,20H,5-6,8,10H2,1-4H3. The van der Waals surface area contributed by atoms with E-state index in [0.29, 0.717) is 12.0 Å². The number of rotatable bonds is 4.